The number of aryl methyl sites for hydroxylation is 1. The zero-order valence-corrected chi connectivity index (χ0v) is 14.0. The van der Waals surface area contributed by atoms with E-state index in [1.165, 1.54) is 12.3 Å². The first-order chi connectivity index (χ1) is 9.86. The molecule has 118 valence electrons. The molecule has 2 heterocycles. The third-order valence-corrected chi connectivity index (χ3v) is 5.30. The minimum Gasteiger partial charge on any atom is -0.342 e. The lowest BCUT2D eigenvalue weighted by Crippen LogP contribution is -2.30. The van der Waals surface area contributed by atoms with E-state index in [4.69, 9.17) is 10.7 Å². The summed E-state index contributed by atoms with van der Waals surface area (Å²) < 4.78 is 24.5. The maximum atomic E-state index is 12.6. The van der Waals surface area contributed by atoms with Crippen molar-refractivity contribution in [1.29, 1.82) is 0 Å². The highest BCUT2D eigenvalue weighted by Crippen LogP contribution is 2.25. The molecule has 1 amide bonds. The molecule has 1 unspecified atom stereocenters. The molecule has 0 bridgehead atoms. The van der Waals surface area contributed by atoms with Crippen LogP contribution in [0.15, 0.2) is 17.2 Å². The monoisotopic (exact) mass is 332 g/mol. The Kier molecular flexibility index (Phi) is 4.99. The summed E-state index contributed by atoms with van der Waals surface area (Å²) in [5, 5.41) is 0. The van der Waals surface area contributed by atoms with Gasteiger partial charge in [0.1, 0.15) is 10.6 Å². The number of aromatic nitrogens is 1. The molecule has 5 nitrogen and oxygen atoms in total. The molecule has 0 aromatic carbocycles. The van der Waals surface area contributed by atoms with E-state index in [1.54, 1.807) is 4.57 Å². The first kappa shape index (κ1) is 16.4. The van der Waals surface area contributed by atoms with Crippen LogP contribution < -0.4 is 0 Å². The topological polar surface area (TPSA) is 59.4 Å². The van der Waals surface area contributed by atoms with Crippen LogP contribution in [0.5, 0.6) is 0 Å². The zero-order chi connectivity index (χ0) is 15.6. The number of likely N-dealkylation sites (tertiary alicyclic amines) is 1. The summed E-state index contributed by atoms with van der Waals surface area (Å²) >= 11 is 0. The SMILES string of the molecule is CCCC1CCN(C(=O)c2cc(S(=O)(=O)Cl)cn2CC)C1. The fraction of sp³-hybridized carbons (Fsp3) is 0.643. The molecule has 0 radical (unpaired) electrons. The van der Waals surface area contributed by atoms with Crippen molar-refractivity contribution < 1.29 is 13.2 Å². The molecule has 1 aromatic rings. The maximum absolute atomic E-state index is 12.6. The van der Waals surface area contributed by atoms with Crippen molar-refractivity contribution in [2.24, 2.45) is 5.92 Å². The van der Waals surface area contributed by atoms with Gasteiger partial charge in [0.15, 0.2) is 0 Å². The average Bonchev–Trinajstić information content (AvgIpc) is 3.03. The van der Waals surface area contributed by atoms with Gasteiger partial charge < -0.3 is 9.47 Å². The lowest BCUT2D eigenvalue weighted by atomic mass is 10.0. The van der Waals surface area contributed by atoms with E-state index in [0.717, 1.165) is 32.4 Å². The van der Waals surface area contributed by atoms with Crippen molar-refractivity contribution in [3.63, 3.8) is 0 Å². The fourth-order valence-corrected chi connectivity index (χ4v) is 3.64. The Morgan fingerprint density at radius 3 is 2.71 bits per heavy atom. The molecule has 1 atom stereocenters. The zero-order valence-electron chi connectivity index (χ0n) is 12.4. The number of rotatable bonds is 5. The third kappa shape index (κ3) is 3.61. The number of hydrogen-bond acceptors (Lipinski definition) is 3. The van der Waals surface area contributed by atoms with Gasteiger partial charge in [-0.15, -0.1) is 0 Å². The minimum atomic E-state index is -3.81. The lowest BCUT2D eigenvalue weighted by molar-refractivity contribution is 0.0776. The van der Waals surface area contributed by atoms with Gasteiger partial charge in [0.05, 0.1) is 0 Å². The Hall–Kier alpha value is -1.01. The second kappa shape index (κ2) is 6.40. The molecule has 2 rings (SSSR count). The standard InChI is InChI=1S/C14H21ClN2O3S/c1-3-5-11-6-7-17(9-11)14(18)13-8-12(21(15,19)20)10-16(13)4-2/h8,10-11H,3-7,9H2,1-2H3. The second-order valence-corrected chi connectivity index (χ2v) is 8.05. The summed E-state index contributed by atoms with van der Waals surface area (Å²) in [6, 6.07) is 1.38. The Labute approximate surface area is 130 Å². The molecule has 1 fully saturated rings. The van der Waals surface area contributed by atoms with Gasteiger partial charge in [-0.2, -0.15) is 0 Å². The molecule has 1 aromatic heterocycles. The van der Waals surface area contributed by atoms with Gasteiger partial charge in [0.2, 0.25) is 0 Å². The van der Waals surface area contributed by atoms with Crippen molar-refractivity contribution >= 4 is 25.6 Å². The van der Waals surface area contributed by atoms with E-state index in [-0.39, 0.29) is 10.8 Å². The summed E-state index contributed by atoms with van der Waals surface area (Å²) in [4.78, 5) is 14.4. The van der Waals surface area contributed by atoms with E-state index in [2.05, 4.69) is 6.92 Å². The summed E-state index contributed by atoms with van der Waals surface area (Å²) in [5.74, 6) is 0.447. The highest BCUT2D eigenvalue weighted by atomic mass is 35.7. The number of carbonyl (C=O) groups excluding carboxylic acids is 1. The molecule has 1 aliphatic heterocycles. The molecule has 1 aliphatic rings. The van der Waals surface area contributed by atoms with Crippen molar-refractivity contribution in [3.05, 3.63) is 18.0 Å². The molecule has 0 aliphatic carbocycles. The first-order valence-corrected chi connectivity index (χ1v) is 9.61. The van der Waals surface area contributed by atoms with Crippen molar-refractivity contribution in [1.82, 2.24) is 9.47 Å². The molecular weight excluding hydrogens is 312 g/mol. The van der Waals surface area contributed by atoms with Crippen molar-refractivity contribution in [2.75, 3.05) is 13.1 Å². The second-order valence-electron chi connectivity index (χ2n) is 5.48. The van der Waals surface area contributed by atoms with Gasteiger partial charge in [-0.25, -0.2) is 8.42 Å². The van der Waals surface area contributed by atoms with Gasteiger partial charge >= 0.3 is 0 Å². The van der Waals surface area contributed by atoms with Crippen LogP contribution in [0.2, 0.25) is 0 Å². The number of hydrogen-bond donors (Lipinski definition) is 0. The van der Waals surface area contributed by atoms with Gasteiger partial charge in [-0.05, 0) is 31.7 Å². The minimum absolute atomic E-state index is 0.0151. The molecular formula is C14H21ClN2O3S. The molecule has 21 heavy (non-hydrogen) atoms. The Balaban J connectivity index is 2.22. The van der Waals surface area contributed by atoms with Gasteiger partial charge in [-0.3, -0.25) is 4.79 Å². The lowest BCUT2D eigenvalue weighted by Gasteiger charge is -2.17. The number of nitrogens with zero attached hydrogens (tertiary/aromatic N) is 2. The highest BCUT2D eigenvalue weighted by Gasteiger charge is 2.29. The fourth-order valence-electron chi connectivity index (χ4n) is 2.88. The van der Waals surface area contributed by atoms with Crippen LogP contribution in [0.4, 0.5) is 0 Å². The smallest absolute Gasteiger partial charge is 0.270 e. The summed E-state index contributed by atoms with van der Waals surface area (Å²) in [6.45, 7) is 6.03. The normalized spacial score (nSPS) is 19.2. The average molecular weight is 333 g/mol. The number of amides is 1. The van der Waals surface area contributed by atoms with E-state index >= 15 is 0 Å². The van der Waals surface area contributed by atoms with E-state index < -0.39 is 9.05 Å². The van der Waals surface area contributed by atoms with Crippen LogP contribution in [0.25, 0.3) is 0 Å². The largest absolute Gasteiger partial charge is 0.342 e. The highest BCUT2D eigenvalue weighted by molar-refractivity contribution is 8.13. The van der Waals surface area contributed by atoms with Crippen LogP contribution in [-0.4, -0.2) is 36.9 Å². The maximum Gasteiger partial charge on any atom is 0.270 e. The van der Waals surface area contributed by atoms with Gasteiger partial charge in [-0.1, -0.05) is 13.3 Å². The quantitative estimate of drug-likeness (QED) is 0.779. The number of carbonyl (C=O) groups is 1. The molecule has 0 spiro atoms. The predicted octanol–water partition coefficient (Wildman–Crippen LogP) is 2.70. The summed E-state index contributed by atoms with van der Waals surface area (Å²) in [6.07, 6.45) is 4.69. The van der Waals surface area contributed by atoms with E-state index in [9.17, 15) is 13.2 Å². The van der Waals surface area contributed by atoms with Crippen molar-refractivity contribution in [2.45, 2.75) is 44.6 Å². The van der Waals surface area contributed by atoms with Crippen molar-refractivity contribution in [3.8, 4) is 0 Å². The number of halogens is 1. The van der Waals surface area contributed by atoms with Gasteiger partial charge in [0, 0.05) is 36.5 Å². The molecule has 0 saturated carbocycles. The van der Waals surface area contributed by atoms with E-state index in [0.29, 0.717) is 18.2 Å². The molecule has 1 saturated heterocycles. The Bertz CT molecular complexity index is 624. The molecule has 0 N–H and O–H groups in total. The Morgan fingerprint density at radius 1 is 1.43 bits per heavy atom. The van der Waals surface area contributed by atoms with Crippen LogP contribution in [0, 0.1) is 5.92 Å². The summed E-state index contributed by atoms with van der Waals surface area (Å²) in [5.41, 5.74) is 0.397. The van der Waals surface area contributed by atoms with Crippen LogP contribution >= 0.6 is 10.7 Å². The van der Waals surface area contributed by atoms with Crippen LogP contribution in [0.1, 0.15) is 43.6 Å². The predicted molar refractivity (Wildman–Crippen MR) is 82.1 cm³/mol. The van der Waals surface area contributed by atoms with Crippen LogP contribution in [0.3, 0.4) is 0 Å². The third-order valence-electron chi connectivity index (χ3n) is 3.98. The Morgan fingerprint density at radius 2 is 2.14 bits per heavy atom. The van der Waals surface area contributed by atoms with Gasteiger partial charge in [0.25, 0.3) is 15.0 Å². The van der Waals surface area contributed by atoms with E-state index in [1.807, 2.05) is 11.8 Å². The first-order valence-electron chi connectivity index (χ1n) is 7.30. The summed E-state index contributed by atoms with van der Waals surface area (Å²) in [7, 11) is 1.55. The molecule has 7 heteroatoms. The van der Waals surface area contributed by atoms with Crippen LogP contribution in [-0.2, 0) is 15.6 Å².